The van der Waals surface area contributed by atoms with Crippen LogP contribution in [0.1, 0.15) is 25.0 Å². The molecule has 0 heterocycles. The van der Waals surface area contributed by atoms with Gasteiger partial charge in [0.1, 0.15) is 0 Å². The first-order valence-corrected chi connectivity index (χ1v) is 21.6. The fourth-order valence-electron chi connectivity index (χ4n) is 9.88. The van der Waals surface area contributed by atoms with Crippen molar-refractivity contribution in [3.8, 4) is 66.8 Å². The molecule has 0 unspecified atom stereocenters. The van der Waals surface area contributed by atoms with Crippen LogP contribution in [0.2, 0.25) is 0 Å². The molecule has 1 aliphatic carbocycles. The smallest absolute Gasteiger partial charge is 0.0540 e. The lowest BCUT2D eigenvalue weighted by atomic mass is 9.79. The summed E-state index contributed by atoms with van der Waals surface area (Å²) < 4.78 is 0. The van der Waals surface area contributed by atoms with E-state index in [-0.39, 0.29) is 5.41 Å². The molecule has 1 nitrogen and oxygen atoms in total. The second kappa shape index (κ2) is 15.4. The van der Waals surface area contributed by atoms with Crippen molar-refractivity contribution in [1.29, 1.82) is 0 Å². The molecule has 10 aromatic rings. The second-order valence-electron chi connectivity index (χ2n) is 16.9. The largest absolute Gasteiger partial charge is 0.310 e. The quantitative estimate of drug-likeness (QED) is 0.148. The highest BCUT2D eigenvalue weighted by Gasteiger charge is 2.37. The average Bonchev–Trinajstić information content (AvgIpc) is 3.58. The topological polar surface area (TPSA) is 3.24 Å². The highest BCUT2D eigenvalue weighted by molar-refractivity contribution is 5.98. The molecule has 0 N–H and O–H groups in total. The molecule has 0 atom stereocenters. The molecule has 0 saturated heterocycles. The van der Waals surface area contributed by atoms with Gasteiger partial charge in [0.25, 0.3) is 0 Å². The highest BCUT2D eigenvalue weighted by atomic mass is 15.1. The molecular weight excluding hydrogens is 747 g/mol. The Balaban J connectivity index is 1.04. The minimum atomic E-state index is -0.105. The third kappa shape index (κ3) is 6.51. The lowest BCUT2D eigenvalue weighted by Gasteiger charge is -2.29. The first kappa shape index (κ1) is 37.3. The third-order valence-electron chi connectivity index (χ3n) is 12.8. The zero-order valence-corrected chi connectivity index (χ0v) is 35.0. The van der Waals surface area contributed by atoms with E-state index in [0.29, 0.717) is 0 Å². The van der Waals surface area contributed by atoms with Crippen molar-refractivity contribution in [3.05, 3.63) is 248 Å². The van der Waals surface area contributed by atoms with Crippen LogP contribution in [0.5, 0.6) is 0 Å². The number of hydrogen-bond donors (Lipinski definition) is 0. The van der Waals surface area contributed by atoms with Gasteiger partial charge in [-0.15, -0.1) is 0 Å². The minimum Gasteiger partial charge on any atom is -0.310 e. The zero-order valence-electron chi connectivity index (χ0n) is 35.0. The van der Waals surface area contributed by atoms with Crippen molar-refractivity contribution < 1.29 is 0 Å². The van der Waals surface area contributed by atoms with Crippen LogP contribution in [0.4, 0.5) is 17.1 Å². The average molecular weight is 792 g/mol. The molecule has 0 radical (unpaired) electrons. The molecule has 0 saturated carbocycles. The van der Waals surface area contributed by atoms with E-state index in [9.17, 15) is 0 Å². The standard InChI is InChI=1S/C61H45N/c1-61(2)58-33-10-8-29-56(58)57-32-16-31-55(60(57)61)44-35-37-50(38-36-44)62(59-34-11-9-28-54(59)49-25-12-21-45(39-49)42-17-4-3-5-18-42)51-26-14-23-47(41-51)46-22-13-24-48(40-46)53-30-15-20-43-19-6-7-27-52(43)53/h3-41H,1-2H3. The fourth-order valence-corrected chi connectivity index (χ4v) is 9.88. The van der Waals surface area contributed by atoms with E-state index in [1.165, 1.54) is 77.5 Å². The molecule has 0 fully saturated rings. The Morgan fingerprint density at radius 3 is 1.63 bits per heavy atom. The van der Waals surface area contributed by atoms with Crippen molar-refractivity contribution in [2.45, 2.75) is 19.3 Å². The molecule has 294 valence electrons. The van der Waals surface area contributed by atoms with E-state index >= 15 is 0 Å². The summed E-state index contributed by atoms with van der Waals surface area (Å²) in [7, 11) is 0. The van der Waals surface area contributed by atoms with Gasteiger partial charge in [-0.05, 0) is 126 Å². The van der Waals surface area contributed by atoms with E-state index in [1.54, 1.807) is 0 Å². The van der Waals surface area contributed by atoms with Crippen LogP contribution in [0, 0.1) is 0 Å². The van der Waals surface area contributed by atoms with Crippen LogP contribution in [-0.2, 0) is 5.41 Å². The summed E-state index contributed by atoms with van der Waals surface area (Å²) in [6, 6.07) is 86.6. The third-order valence-corrected chi connectivity index (χ3v) is 12.8. The van der Waals surface area contributed by atoms with E-state index < -0.39 is 0 Å². The van der Waals surface area contributed by atoms with Gasteiger partial charge in [0.2, 0.25) is 0 Å². The minimum absolute atomic E-state index is 0.105. The Morgan fingerprint density at radius 2 is 0.823 bits per heavy atom. The van der Waals surface area contributed by atoms with E-state index in [0.717, 1.165) is 28.2 Å². The van der Waals surface area contributed by atoms with Gasteiger partial charge in [0, 0.05) is 22.4 Å². The Kier molecular flexibility index (Phi) is 9.24. The van der Waals surface area contributed by atoms with Gasteiger partial charge in [0.05, 0.1) is 5.69 Å². The van der Waals surface area contributed by atoms with Crippen LogP contribution in [0.3, 0.4) is 0 Å². The Morgan fingerprint density at radius 1 is 0.306 bits per heavy atom. The van der Waals surface area contributed by atoms with Crippen LogP contribution >= 0.6 is 0 Å². The Bertz CT molecular complexity index is 3260. The molecule has 62 heavy (non-hydrogen) atoms. The summed E-state index contributed by atoms with van der Waals surface area (Å²) in [5.41, 5.74) is 20.7. The van der Waals surface area contributed by atoms with Crippen LogP contribution in [0.25, 0.3) is 77.5 Å². The lowest BCUT2D eigenvalue weighted by Crippen LogP contribution is -2.16. The summed E-state index contributed by atoms with van der Waals surface area (Å²) in [4.78, 5) is 2.43. The molecule has 0 amide bonds. The molecule has 0 aromatic heterocycles. The number of nitrogens with zero attached hydrogens (tertiary/aromatic N) is 1. The van der Waals surface area contributed by atoms with E-state index in [4.69, 9.17) is 0 Å². The number of benzene rings is 10. The van der Waals surface area contributed by atoms with Gasteiger partial charge in [-0.1, -0.05) is 208 Å². The van der Waals surface area contributed by atoms with Crippen LogP contribution in [-0.4, -0.2) is 0 Å². The van der Waals surface area contributed by atoms with Crippen LogP contribution in [0.15, 0.2) is 237 Å². The summed E-state index contributed by atoms with van der Waals surface area (Å²) in [6.45, 7) is 4.73. The van der Waals surface area contributed by atoms with Crippen molar-refractivity contribution in [2.24, 2.45) is 0 Å². The number of fused-ring (bicyclic) bond motifs is 4. The summed E-state index contributed by atoms with van der Waals surface area (Å²) >= 11 is 0. The number of anilines is 3. The molecule has 1 aliphatic rings. The summed E-state index contributed by atoms with van der Waals surface area (Å²) in [5.74, 6) is 0. The number of rotatable bonds is 8. The maximum absolute atomic E-state index is 2.43. The van der Waals surface area contributed by atoms with Gasteiger partial charge in [0.15, 0.2) is 0 Å². The Labute approximate surface area is 364 Å². The van der Waals surface area contributed by atoms with Crippen molar-refractivity contribution in [2.75, 3.05) is 4.90 Å². The molecule has 0 spiro atoms. The Hall–Kier alpha value is -7.74. The molecule has 0 aliphatic heterocycles. The second-order valence-corrected chi connectivity index (χ2v) is 16.9. The predicted molar refractivity (Wildman–Crippen MR) is 263 cm³/mol. The fraction of sp³-hybridized carbons (Fsp3) is 0.0492. The van der Waals surface area contributed by atoms with Crippen molar-refractivity contribution in [1.82, 2.24) is 0 Å². The molecule has 1 heteroatoms. The molecule has 10 aromatic carbocycles. The molecule has 0 bridgehead atoms. The van der Waals surface area contributed by atoms with Gasteiger partial charge in [-0.3, -0.25) is 0 Å². The molecular formula is C61H45N. The van der Waals surface area contributed by atoms with Crippen molar-refractivity contribution in [3.63, 3.8) is 0 Å². The summed E-state index contributed by atoms with van der Waals surface area (Å²) in [6.07, 6.45) is 0. The molecule has 11 rings (SSSR count). The van der Waals surface area contributed by atoms with E-state index in [2.05, 4.69) is 255 Å². The van der Waals surface area contributed by atoms with E-state index in [1.807, 2.05) is 0 Å². The van der Waals surface area contributed by atoms with Gasteiger partial charge in [-0.25, -0.2) is 0 Å². The monoisotopic (exact) mass is 791 g/mol. The van der Waals surface area contributed by atoms with Gasteiger partial charge < -0.3 is 4.90 Å². The summed E-state index contributed by atoms with van der Waals surface area (Å²) in [5, 5.41) is 2.51. The zero-order chi connectivity index (χ0) is 41.6. The lowest BCUT2D eigenvalue weighted by molar-refractivity contribution is 0.662. The predicted octanol–water partition coefficient (Wildman–Crippen LogP) is 17.0. The van der Waals surface area contributed by atoms with Gasteiger partial charge >= 0.3 is 0 Å². The first-order valence-electron chi connectivity index (χ1n) is 21.6. The van der Waals surface area contributed by atoms with Crippen molar-refractivity contribution >= 4 is 27.8 Å². The maximum Gasteiger partial charge on any atom is 0.0540 e. The number of hydrogen-bond acceptors (Lipinski definition) is 1. The van der Waals surface area contributed by atoms with Gasteiger partial charge in [-0.2, -0.15) is 0 Å². The normalized spacial score (nSPS) is 12.5. The highest BCUT2D eigenvalue weighted by Crippen LogP contribution is 2.52. The maximum atomic E-state index is 2.43. The number of para-hydroxylation sites is 1. The SMILES string of the molecule is CC1(C)c2ccccc2-c2cccc(-c3ccc(N(c4cccc(-c5cccc(-c6cccc7ccccc67)c5)c4)c4ccccc4-c4cccc(-c5ccccc5)c4)cc3)c21. The van der Waals surface area contributed by atoms with Crippen LogP contribution < -0.4 is 4.90 Å². The first-order chi connectivity index (χ1) is 30.5.